The van der Waals surface area contributed by atoms with Crippen LogP contribution < -0.4 is 10.6 Å². The van der Waals surface area contributed by atoms with Crippen LogP contribution in [0.4, 0.5) is 0 Å². The highest BCUT2D eigenvalue weighted by molar-refractivity contribution is 6.06. The van der Waals surface area contributed by atoms with Gasteiger partial charge in [0.2, 0.25) is 0 Å². The van der Waals surface area contributed by atoms with Crippen LogP contribution in [0.15, 0.2) is 42.5 Å². The van der Waals surface area contributed by atoms with Gasteiger partial charge in [0, 0.05) is 24.7 Å². The van der Waals surface area contributed by atoms with Crippen molar-refractivity contribution in [2.75, 3.05) is 13.1 Å². The molecule has 5 rings (SSSR count). The van der Waals surface area contributed by atoms with Crippen molar-refractivity contribution >= 4 is 16.9 Å². The minimum absolute atomic E-state index is 0.0113. The maximum absolute atomic E-state index is 12.5. The van der Waals surface area contributed by atoms with Gasteiger partial charge in [0.25, 0.3) is 5.91 Å². The van der Waals surface area contributed by atoms with Gasteiger partial charge < -0.3 is 15.2 Å². The first-order valence-electron chi connectivity index (χ1n) is 10.7. The fourth-order valence-electron chi connectivity index (χ4n) is 4.96. The van der Waals surface area contributed by atoms with Gasteiger partial charge in [-0.1, -0.05) is 44.2 Å². The second-order valence-electron chi connectivity index (χ2n) is 8.64. The van der Waals surface area contributed by atoms with E-state index in [-0.39, 0.29) is 5.91 Å². The Morgan fingerprint density at radius 3 is 2.76 bits per heavy atom. The molecule has 2 aliphatic rings. The van der Waals surface area contributed by atoms with E-state index in [9.17, 15) is 4.79 Å². The van der Waals surface area contributed by atoms with Gasteiger partial charge in [0.1, 0.15) is 5.82 Å². The number of piperidine rings is 1. The molecule has 2 N–H and O–H groups in total. The van der Waals surface area contributed by atoms with E-state index in [4.69, 9.17) is 4.98 Å². The molecule has 2 unspecified atom stereocenters. The average Bonchev–Trinajstić information content (AvgIpc) is 3.03. The van der Waals surface area contributed by atoms with E-state index >= 15 is 0 Å². The number of aromatic nitrogens is 2. The number of benzene rings is 2. The zero-order valence-corrected chi connectivity index (χ0v) is 17.1. The molecule has 29 heavy (non-hydrogen) atoms. The molecule has 0 radical (unpaired) electrons. The Morgan fingerprint density at radius 1 is 1.07 bits per heavy atom. The highest BCUT2D eigenvalue weighted by Gasteiger charge is 2.28. The number of hydrogen-bond donors (Lipinski definition) is 2. The van der Waals surface area contributed by atoms with Gasteiger partial charge in [-0.05, 0) is 48.9 Å². The third kappa shape index (κ3) is 3.14. The van der Waals surface area contributed by atoms with Crippen molar-refractivity contribution in [1.29, 1.82) is 0 Å². The van der Waals surface area contributed by atoms with Crippen LogP contribution in [-0.4, -0.2) is 28.5 Å². The summed E-state index contributed by atoms with van der Waals surface area (Å²) in [7, 11) is 0. The summed E-state index contributed by atoms with van der Waals surface area (Å²) in [6.07, 6.45) is 2.40. The molecule has 1 aromatic heterocycles. The number of nitrogens with one attached hydrogen (secondary N) is 2. The van der Waals surface area contributed by atoms with Crippen LogP contribution >= 0.6 is 0 Å². The molecule has 3 aromatic rings. The van der Waals surface area contributed by atoms with Crippen LogP contribution in [0, 0.1) is 11.8 Å². The largest absolute Gasteiger partial charge is 0.350 e. The molecule has 5 nitrogen and oxygen atoms in total. The summed E-state index contributed by atoms with van der Waals surface area (Å²) in [4.78, 5) is 17.5. The lowest BCUT2D eigenvalue weighted by Crippen LogP contribution is -2.34. The molecular weight excluding hydrogens is 360 g/mol. The number of hydrogen-bond acceptors (Lipinski definition) is 3. The van der Waals surface area contributed by atoms with Crippen LogP contribution in [0.1, 0.15) is 48.7 Å². The molecule has 1 saturated heterocycles. The number of imidazole rings is 1. The maximum atomic E-state index is 12.5. The van der Waals surface area contributed by atoms with E-state index in [0.29, 0.717) is 24.1 Å². The molecule has 0 aliphatic carbocycles. The van der Waals surface area contributed by atoms with E-state index in [2.05, 4.69) is 53.3 Å². The predicted octanol–water partition coefficient (Wildman–Crippen LogP) is 4.14. The topological polar surface area (TPSA) is 59.0 Å². The summed E-state index contributed by atoms with van der Waals surface area (Å²) in [6, 6.07) is 14.8. The lowest BCUT2D eigenvalue weighted by atomic mass is 9.81. The third-order valence-electron chi connectivity index (χ3n) is 6.60. The van der Waals surface area contributed by atoms with E-state index in [1.165, 1.54) is 17.5 Å². The van der Waals surface area contributed by atoms with Crippen LogP contribution in [-0.2, 0) is 6.54 Å². The number of nitrogens with zero attached hydrogens (tertiary/aromatic N) is 2. The molecule has 2 aromatic carbocycles. The summed E-state index contributed by atoms with van der Waals surface area (Å²) >= 11 is 0. The number of para-hydroxylation sites is 1. The summed E-state index contributed by atoms with van der Waals surface area (Å²) < 4.78 is 2.23. The Morgan fingerprint density at radius 2 is 1.90 bits per heavy atom. The standard InChI is InChI=1S/C24H28N4O/c1-15(2)16-10-11-25-21(14-16)17-6-3-4-7-18(17)23-27-20-9-5-8-19-22(20)28(23)13-12-26-24(19)29/h3-9,15-16,21,25H,10-14H2,1-2H3,(H,26,29). The van der Waals surface area contributed by atoms with Gasteiger partial charge >= 0.3 is 0 Å². The zero-order valence-electron chi connectivity index (χ0n) is 17.1. The Labute approximate surface area is 171 Å². The number of rotatable bonds is 3. The normalized spacial score (nSPS) is 22.0. The van der Waals surface area contributed by atoms with E-state index in [1.807, 2.05) is 18.2 Å². The molecule has 0 bridgehead atoms. The van der Waals surface area contributed by atoms with Crippen LogP contribution in [0.25, 0.3) is 22.4 Å². The SMILES string of the molecule is CC(C)C1CCNC(c2ccccc2-c2nc3cccc4c3n2CCNC4=O)C1. The molecular formula is C24H28N4O. The minimum Gasteiger partial charge on any atom is -0.350 e. The van der Waals surface area contributed by atoms with E-state index in [0.717, 1.165) is 42.3 Å². The predicted molar refractivity (Wildman–Crippen MR) is 116 cm³/mol. The van der Waals surface area contributed by atoms with Crippen molar-refractivity contribution in [3.63, 3.8) is 0 Å². The maximum Gasteiger partial charge on any atom is 0.253 e. The van der Waals surface area contributed by atoms with Crippen LogP contribution in [0.2, 0.25) is 0 Å². The van der Waals surface area contributed by atoms with Crippen molar-refractivity contribution in [3.05, 3.63) is 53.6 Å². The molecule has 0 spiro atoms. The molecule has 2 aliphatic heterocycles. The van der Waals surface area contributed by atoms with Crippen molar-refractivity contribution in [2.45, 2.75) is 39.3 Å². The second kappa shape index (κ2) is 7.30. The molecule has 1 fully saturated rings. The Balaban J connectivity index is 1.64. The summed E-state index contributed by atoms with van der Waals surface area (Å²) in [5.41, 5.74) is 5.04. The van der Waals surface area contributed by atoms with Gasteiger partial charge in [0.15, 0.2) is 0 Å². The highest BCUT2D eigenvalue weighted by atomic mass is 16.1. The highest BCUT2D eigenvalue weighted by Crippen LogP contribution is 2.37. The van der Waals surface area contributed by atoms with E-state index < -0.39 is 0 Å². The van der Waals surface area contributed by atoms with Crippen molar-refractivity contribution in [2.24, 2.45) is 11.8 Å². The van der Waals surface area contributed by atoms with Gasteiger partial charge in [-0.15, -0.1) is 0 Å². The summed E-state index contributed by atoms with van der Waals surface area (Å²) in [5, 5.41) is 6.76. The molecule has 2 atom stereocenters. The fourth-order valence-corrected chi connectivity index (χ4v) is 4.96. The first kappa shape index (κ1) is 18.4. The molecule has 0 saturated carbocycles. The summed E-state index contributed by atoms with van der Waals surface area (Å²) in [6.45, 7) is 7.07. The van der Waals surface area contributed by atoms with Crippen molar-refractivity contribution in [1.82, 2.24) is 20.2 Å². The molecule has 3 heterocycles. The fraction of sp³-hybridized carbons (Fsp3) is 0.417. The van der Waals surface area contributed by atoms with E-state index in [1.54, 1.807) is 0 Å². The smallest absolute Gasteiger partial charge is 0.253 e. The lowest BCUT2D eigenvalue weighted by Gasteiger charge is -2.33. The second-order valence-corrected chi connectivity index (χ2v) is 8.64. The zero-order chi connectivity index (χ0) is 20.0. The summed E-state index contributed by atoms with van der Waals surface area (Å²) in [5.74, 6) is 2.39. The van der Waals surface area contributed by atoms with Crippen molar-refractivity contribution in [3.8, 4) is 11.4 Å². The lowest BCUT2D eigenvalue weighted by molar-refractivity contribution is 0.0956. The number of carbonyl (C=O) groups is 1. The number of carbonyl (C=O) groups excluding carboxylic acids is 1. The molecule has 1 amide bonds. The van der Waals surface area contributed by atoms with Crippen LogP contribution in [0.3, 0.4) is 0 Å². The Kier molecular flexibility index (Phi) is 4.63. The molecule has 150 valence electrons. The third-order valence-corrected chi connectivity index (χ3v) is 6.60. The van der Waals surface area contributed by atoms with Crippen LogP contribution in [0.5, 0.6) is 0 Å². The first-order chi connectivity index (χ1) is 14.1. The van der Waals surface area contributed by atoms with Gasteiger partial charge in [-0.25, -0.2) is 4.98 Å². The Hall–Kier alpha value is -2.66. The first-order valence-corrected chi connectivity index (χ1v) is 10.7. The Bertz CT molecular complexity index is 1070. The molecule has 5 heteroatoms. The number of amides is 1. The minimum atomic E-state index is -0.0113. The van der Waals surface area contributed by atoms with Gasteiger partial charge in [0.05, 0.1) is 16.6 Å². The average molecular weight is 389 g/mol. The monoisotopic (exact) mass is 388 g/mol. The van der Waals surface area contributed by atoms with Gasteiger partial charge in [-0.2, -0.15) is 0 Å². The van der Waals surface area contributed by atoms with Gasteiger partial charge in [-0.3, -0.25) is 4.79 Å². The quantitative estimate of drug-likeness (QED) is 0.709. The van der Waals surface area contributed by atoms with Crippen molar-refractivity contribution < 1.29 is 4.79 Å².